The van der Waals surface area contributed by atoms with Gasteiger partial charge >= 0.3 is 0 Å². The molecule has 1 aromatic carbocycles. The first-order valence-corrected chi connectivity index (χ1v) is 5.80. The molecule has 0 bridgehead atoms. The lowest BCUT2D eigenvalue weighted by atomic mass is 10.1. The zero-order valence-corrected chi connectivity index (χ0v) is 11.3. The molecule has 5 nitrogen and oxygen atoms in total. The minimum atomic E-state index is -0.829. The van der Waals surface area contributed by atoms with Crippen LogP contribution in [-0.2, 0) is 0 Å². The fraction of sp³-hybridized carbons (Fsp3) is 0.462. The van der Waals surface area contributed by atoms with E-state index in [0.717, 1.165) is 5.69 Å². The van der Waals surface area contributed by atoms with Gasteiger partial charge in [0.1, 0.15) is 0 Å². The predicted molar refractivity (Wildman–Crippen MR) is 73.8 cm³/mol. The number of amides is 1. The normalized spacial score (nSPS) is 11.2. The van der Waals surface area contributed by atoms with Gasteiger partial charge in [-0.3, -0.25) is 4.79 Å². The van der Waals surface area contributed by atoms with E-state index in [9.17, 15) is 9.90 Å². The van der Waals surface area contributed by atoms with E-state index in [2.05, 4.69) is 5.32 Å². The van der Waals surface area contributed by atoms with Crippen LogP contribution in [0.5, 0.6) is 0 Å². The van der Waals surface area contributed by atoms with E-state index in [1.807, 2.05) is 11.9 Å². The summed E-state index contributed by atoms with van der Waals surface area (Å²) >= 11 is 0. The van der Waals surface area contributed by atoms with E-state index in [-0.39, 0.29) is 5.91 Å². The highest BCUT2D eigenvalue weighted by Gasteiger charge is 2.18. The Labute approximate surface area is 108 Å². The number of nitrogens with one attached hydrogen (secondary N) is 1. The maximum absolute atomic E-state index is 11.6. The highest BCUT2D eigenvalue weighted by Crippen LogP contribution is 2.24. The highest BCUT2D eigenvalue weighted by molar-refractivity contribution is 5.96. The summed E-state index contributed by atoms with van der Waals surface area (Å²) in [6.07, 6.45) is 0. The fourth-order valence-electron chi connectivity index (χ4n) is 1.83. The van der Waals surface area contributed by atoms with Crippen molar-refractivity contribution >= 4 is 17.3 Å². The number of carbonyl (C=O) groups is 1. The molecule has 0 atom stereocenters. The van der Waals surface area contributed by atoms with E-state index >= 15 is 0 Å². The molecule has 0 saturated heterocycles. The van der Waals surface area contributed by atoms with Gasteiger partial charge in [-0.2, -0.15) is 0 Å². The number of nitrogens with two attached hydrogens (primary N) is 1. The minimum Gasteiger partial charge on any atom is -0.397 e. The molecule has 0 unspecified atom stereocenters. The lowest BCUT2D eigenvalue weighted by molar-refractivity contribution is 0.0886. The zero-order valence-electron chi connectivity index (χ0n) is 11.3. The zero-order chi connectivity index (χ0) is 13.9. The van der Waals surface area contributed by atoms with Gasteiger partial charge in [0.05, 0.1) is 17.0 Å². The largest absolute Gasteiger partial charge is 0.397 e. The monoisotopic (exact) mass is 251 g/mol. The Balaban J connectivity index is 3.04. The van der Waals surface area contributed by atoms with Crippen molar-refractivity contribution in [3.63, 3.8) is 0 Å². The smallest absolute Gasteiger partial charge is 0.251 e. The Morgan fingerprint density at radius 2 is 2.11 bits per heavy atom. The van der Waals surface area contributed by atoms with Crippen LogP contribution in [0.2, 0.25) is 0 Å². The molecule has 1 aromatic rings. The number of anilines is 2. The van der Waals surface area contributed by atoms with Crippen LogP contribution in [0.4, 0.5) is 11.4 Å². The molecule has 0 radical (unpaired) electrons. The molecule has 0 heterocycles. The number of hydrogen-bond acceptors (Lipinski definition) is 4. The van der Waals surface area contributed by atoms with Gasteiger partial charge in [-0.1, -0.05) is 0 Å². The highest BCUT2D eigenvalue weighted by atomic mass is 16.3. The van der Waals surface area contributed by atoms with Gasteiger partial charge in [0.25, 0.3) is 5.91 Å². The minimum absolute atomic E-state index is 0.159. The fourth-order valence-corrected chi connectivity index (χ4v) is 1.83. The number of nitrogens with zero attached hydrogens (tertiary/aromatic N) is 1. The molecular weight excluding hydrogens is 230 g/mol. The number of aliphatic hydroxyl groups is 1. The van der Waals surface area contributed by atoms with Gasteiger partial charge in [-0.05, 0) is 32.0 Å². The Morgan fingerprint density at radius 1 is 1.50 bits per heavy atom. The molecule has 0 saturated carbocycles. The molecule has 1 rings (SSSR count). The van der Waals surface area contributed by atoms with Gasteiger partial charge in [-0.15, -0.1) is 0 Å². The first-order valence-electron chi connectivity index (χ1n) is 5.80. The summed E-state index contributed by atoms with van der Waals surface area (Å²) in [5, 5.41) is 12.4. The standard InChI is InChI=1S/C13H21N3O2/c1-13(2,18)8-16(4)11-7-9(12(17)15-3)5-6-10(11)14/h5-7,18H,8,14H2,1-4H3,(H,15,17). The predicted octanol–water partition coefficient (Wildman–Crippen LogP) is 0.835. The topological polar surface area (TPSA) is 78.6 Å². The van der Waals surface area contributed by atoms with E-state index < -0.39 is 5.60 Å². The van der Waals surface area contributed by atoms with Crippen LogP contribution in [0.25, 0.3) is 0 Å². The molecule has 5 heteroatoms. The van der Waals surface area contributed by atoms with Crippen LogP contribution in [0.3, 0.4) is 0 Å². The maximum Gasteiger partial charge on any atom is 0.251 e. The van der Waals surface area contributed by atoms with Gasteiger partial charge in [-0.25, -0.2) is 0 Å². The summed E-state index contributed by atoms with van der Waals surface area (Å²) in [6, 6.07) is 5.09. The van der Waals surface area contributed by atoms with Crippen LogP contribution in [0.15, 0.2) is 18.2 Å². The summed E-state index contributed by atoms with van der Waals surface area (Å²) in [4.78, 5) is 13.4. The third-order valence-electron chi connectivity index (χ3n) is 2.56. The maximum atomic E-state index is 11.6. The second kappa shape index (κ2) is 5.27. The van der Waals surface area contributed by atoms with Crippen LogP contribution in [-0.4, -0.2) is 37.3 Å². The number of nitrogen functional groups attached to an aromatic ring is 1. The Kier molecular flexibility index (Phi) is 4.19. The average molecular weight is 251 g/mol. The molecule has 0 aliphatic carbocycles. The van der Waals surface area contributed by atoms with Crippen molar-refractivity contribution in [1.29, 1.82) is 0 Å². The summed E-state index contributed by atoms with van der Waals surface area (Å²) in [5.41, 5.74) is 6.92. The van der Waals surface area contributed by atoms with Crippen LogP contribution < -0.4 is 16.0 Å². The number of likely N-dealkylation sites (N-methyl/N-ethyl adjacent to an activating group) is 1. The summed E-state index contributed by atoms with van der Waals surface area (Å²) in [7, 11) is 3.41. The lowest BCUT2D eigenvalue weighted by Gasteiger charge is -2.28. The van der Waals surface area contributed by atoms with Crippen molar-refractivity contribution in [1.82, 2.24) is 5.32 Å². The number of rotatable bonds is 4. The number of hydrogen-bond donors (Lipinski definition) is 3. The number of benzene rings is 1. The number of carbonyl (C=O) groups excluding carboxylic acids is 1. The summed E-state index contributed by atoms with van der Waals surface area (Å²) in [5.74, 6) is -0.159. The Hall–Kier alpha value is -1.75. The van der Waals surface area contributed by atoms with Crippen LogP contribution in [0.1, 0.15) is 24.2 Å². The van der Waals surface area contributed by atoms with Gasteiger partial charge in [0, 0.05) is 26.2 Å². The average Bonchev–Trinajstić information content (AvgIpc) is 2.26. The quantitative estimate of drug-likeness (QED) is 0.693. The van der Waals surface area contributed by atoms with Gasteiger partial charge < -0.3 is 21.1 Å². The van der Waals surface area contributed by atoms with E-state index in [1.54, 1.807) is 39.1 Å². The van der Waals surface area contributed by atoms with E-state index in [1.165, 1.54) is 0 Å². The SMILES string of the molecule is CNC(=O)c1ccc(N)c(N(C)CC(C)(C)O)c1. The van der Waals surface area contributed by atoms with Gasteiger partial charge in [0.2, 0.25) is 0 Å². The first kappa shape index (κ1) is 14.3. The molecule has 0 fully saturated rings. The molecular formula is C13H21N3O2. The van der Waals surface area contributed by atoms with Gasteiger partial charge in [0.15, 0.2) is 0 Å². The van der Waals surface area contributed by atoms with Crippen molar-refractivity contribution in [2.75, 3.05) is 31.3 Å². The molecule has 4 N–H and O–H groups in total. The van der Waals surface area contributed by atoms with Crippen molar-refractivity contribution in [3.05, 3.63) is 23.8 Å². The van der Waals surface area contributed by atoms with Crippen molar-refractivity contribution in [2.45, 2.75) is 19.4 Å². The molecule has 0 spiro atoms. The molecule has 100 valence electrons. The van der Waals surface area contributed by atoms with Crippen LogP contribution >= 0.6 is 0 Å². The molecule has 1 amide bonds. The Bertz CT molecular complexity index is 438. The second-order valence-electron chi connectivity index (χ2n) is 5.02. The van der Waals surface area contributed by atoms with E-state index in [4.69, 9.17) is 5.73 Å². The van der Waals surface area contributed by atoms with Crippen LogP contribution in [0, 0.1) is 0 Å². The molecule has 0 aliphatic heterocycles. The Morgan fingerprint density at radius 3 is 2.61 bits per heavy atom. The second-order valence-corrected chi connectivity index (χ2v) is 5.02. The first-order chi connectivity index (χ1) is 8.24. The summed E-state index contributed by atoms with van der Waals surface area (Å²) in [6.45, 7) is 3.87. The van der Waals surface area contributed by atoms with E-state index in [0.29, 0.717) is 17.8 Å². The summed E-state index contributed by atoms with van der Waals surface area (Å²) < 4.78 is 0. The van der Waals surface area contributed by atoms with Crippen molar-refractivity contribution in [2.24, 2.45) is 0 Å². The lowest BCUT2D eigenvalue weighted by Crippen LogP contribution is -2.36. The van der Waals surface area contributed by atoms with Crippen molar-refractivity contribution in [3.8, 4) is 0 Å². The van der Waals surface area contributed by atoms with Crippen molar-refractivity contribution < 1.29 is 9.90 Å². The molecule has 0 aromatic heterocycles. The third kappa shape index (κ3) is 3.63. The molecule has 0 aliphatic rings. The molecule has 18 heavy (non-hydrogen) atoms. The third-order valence-corrected chi connectivity index (χ3v) is 2.56.